The first kappa shape index (κ1) is 20.5. The van der Waals surface area contributed by atoms with Gasteiger partial charge in [-0.1, -0.05) is 52.3 Å². The summed E-state index contributed by atoms with van der Waals surface area (Å²) in [6, 6.07) is 7.40. The summed E-state index contributed by atoms with van der Waals surface area (Å²) in [5.74, 6) is -0.0272. The maximum Gasteiger partial charge on any atom is 0.275 e. The number of phenolic OH excluding ortho intramolecular Hbond substituents is 1. The second-order valence-electron chi connectivity index (χ2n) is 6.77. The third-order valence-corrected chi connectivity index (χ3v) is 5.46. The van der Waals surface area contributed by atoms with E-state index in [2.05, 4.69) is 24.4 Å². The number of thiophene rings is 1. The Morgan fingerprint density at radius 1 is 1.23 bits per heavy atom. The molecular weight excluding hydrogens is 368 g/mol. The molecule has 0 radical (unpaired) electrons. The SMILES string of the molecule is CC/C(=N\NC(=O)c1cc(C(C)C)cc(C(C)C)c1O)c1ccc(Cl)s1. The van der Waals surface area contributed by atoms with Crippen LogP contribution in [0.25, 0.3) is 0 Å². The predicted octanol–water partition coefficient (Wildman–Crippen LogP) is 5.90. The Morgan fingerprint density at radius 3 is 2.42 bits per heavy atom. The second-order valence-corrected chi connectivity index (χ2v) is 8.49. The van der Waals surface area contributed by atoms with Crippen molar-refractivity contribution in [2.75, 3.05) is 0 Å². The van der Waals surface area contributed by atoms with Crippen molar-refractivity contribution < 1.29 is 9.90 Å². The Bertz CT molecular complexity index is 825. The van der Waals surface area contributed by atoms with Crippen LogP contribution >= 0.6 is 22.9 Å². The van der Waals surface area contributed by atoms with Gasteiger partial charge in [-0.15, -0.1) is 11.3 Å². The summed E-state index contributed by atoms with van der Waals surface area (Å²) in [5.41, 5.74) is 5.37. The standard InChI is InChI=1S/C20H25ClN2O2S/c1-6-16(17-7-8-18(21)26-17)22-23-20(25)15-10-13(11(2)3)9-14(12(4)5)19(15)24/h7-12,24H,6H2,1-5H3,(H,23,25)/b22-16+. The topological polar surface area (TPSA) is 61.7 Å². The van der Waals surface area contributed by atoms with Crippen molar-refractivity contribution in [3.63, 3.8) is 0 Å². The Labute approximate surface area is 163 Å². The van der Waals surface area contributed by atoms with Gasteiger partial charge in [0.05, 0.1) is 20.5 Å². The normalized spacial score (nSPS) is 12.1. The number of rotatable bonds is 6. The van der Waals surface area contributed by atoms with Gasteiger partial charge in [0.15, 0.2) is 0 Å². The van der Waals surface area contributed by atoms with Crippen molar-refractivity contribution in [1.82, 2.24) is 5.43 Å². The van der Waals surface area contributed by atoms with Crippen LogP contribution in [-0.2, 0) is 0 Å². The van der Waals surface area contributed by atoms with Crippen molar-refractivity contribution in [1.29, 1.82) is 0 Å². The molecule has 26 heavy (non-hydrogen) atoms. The molecule has 1 aromatic carbocycles. The minimum Gasteiger partial charge on any atom is -0.507 e. The summed E-state index contributed by atoms with van der Waals surface area (Å²) in [5, 5.41) is 14.8. The number of aromatic hydroxyl groups is 1. The van der Waals surface area contributed by atoms with Crippen LogP contribution in [0.4, 0.5) is 0 Å². The Hall–Kier alpha value is -1.85. The molecule has 0 unspecified atom stereocenters. The zero-order valence-corrected chi connectivity index (χ0v) is 17.3. The van der Waals surface area contributed by atoms with E-state index < -0.39 is 5.91 Å². The first-order valence-electron chi connectivity index (χ1n) is 8.73. The van der Waals surface area contributed by atoms with Crippen molar-refractivity contribution >= 4 is 34.6 Å². The molecule has 4 nitrogen and oxygen atoms in total. The number of hydrogen-bond donors (Lipinski definition) is 2. The molecule has 0 fully saturated rings. The maximum absolute atomic E-state index is 12.7. The number of amides is 1. The molecule has 0 aliphatic heterocycles. The molecule has 1 aromatic heterocycles. The minimum absolute atomic E-state index is 0.0225. The quantitative estimate of drug-likeness (QED) is 0.475. The number of hydrogen-bond acceptors (Lipinski definition) is 4. The van der Waals surface area contributed by atoms with Gasteiger partial charge in [-0.2, -0.15) is 5.10 Å². The van der Waals surface area contributed by atoms with Gasteiger partial charge in [-0.05, 0) is 47.6 Å². The summed E-state index contributed by atoms with van der Waals surface area (Å²) in [6.07, 6.45) is 0.659. The van der Waals surface area contributed by atoms with Crippen LogP contribution in [0, 0.1) is 0 Å². The Balaban J connectivity index is 2.35. The largest absolute Gasteiger partial charge is 0.507 e. The number of carbonyl (C=O) groups is 1. The minimum atomic E-state index is -0.416. The highest BCUT2D eigenvalue weighted by molar-refractivity contribution is 7.18. The van der Waals surface area contributed by atoms with Crippen molar-refractivity contribution in [3.8, 4) is 5.75 Å². The number of hydrazone groups is 1. The van der Waals surface area contributed by atoms with Crippen LogP contribution in [0.5, 0.6) is 5.75 Å². The van der Waals surface area contributed by atoms with E-state index in [1.165, 1.54) is 11.3 Å². The fourth-order valence-electron chi connectivity index (χ4n) is 2.58. The van der Waals surface area contributed by atoms with E-state index in [0.717, 1.165) is 21.7 Å². The summed E-state index contributed by atoms with van der Waals surface area (Å²) in [6.45, 7) is 10.1. The van der Waals surface area contributed by atoms with Gasteiger partial charge in [0.1, 0.15) is 5.75 Å². The van der Waals surface area contributed by atoms with Crippen LogP contribution in [0.2, 0.25) is 4.34 Å². The molecule has 140 valence electrons. The molecule has 6 heteroatoms. The van der Waals surface area contributed by atoms with E-state index in [9.17, 15) is 9.90 Å². The van der Waals surface area contributed by atoms with Crippen LogP contribution in [0.15, 0.2) is 29.4 Å². The van der Waals surface area contributed by atoms with Gasteiger partial charge >= 0.3 is 0 Å². The Morgan fingerprint density at radius 2 is 1.92 bits per heavy atom. The summed E-state index contributed by atoms with van der Waals surface area (Å²) < 4.78 is 0.677. The van der Waals surface area contributed by atoms with E-state index in [4.69, 9.17) is 11.6 Å². The lowest BCUT2D eigenvalue weighted by Crippen LogP contribution is -2.20. The number of phenols is 1. The molecule has 0 atom stereocenters. The average molecular weight is 393 g/mol. The third-order valence-electron chi connectivity index (χ3n) is 4.18. The number of benzene rings is 1. The third kappa shape index (κ3) is 4.65. The van der Waals surface area contributed by atoms with E-state index in [1.807, 2.05) is 32.9 Å². The fraction of sp³-hybridized carbons (Fsp3) is 0.400. The summed E-state index contributed by atoms with van der Waals surface area (Å²) >= 11 is 7.40. The van der Waals surface area contributed by atoms with Gasteiger partial charge in [-0.3, -0.25) is 4.79 Å². The highest BCUT2D eigenvalue weighted by Gasteiger charge is 2.19. The van der Waals surface area contributed by atoms with Crippen molar-refractivity contribution in [3.05, 3.63) is 50.2 Å². The zero-order chi connectivity index (χ0) is 19.4. The molecular formula is C20H25ClN2O2S. The predicted molar refractivity (Wildman–Crippen MR) is 110 cm³/mol. The molecule has 2 rings (SSSR count). The molecule has 0 aliphatic rings. The zero-order valence-electron chi connectivity index (χ0n) is 15.8. The Kier molecular flexibility index (Phi) is 6.84. The highest BCUT2D eigenvalue weighted by atomic mass is 35.5. The fourth-order valence-corrected chi connectivity index (χ4v) is 3.69. The van der Waals surface area contributed by atoms with Gasteiger partial charge in [0.25, 0.3) is 5.91 Å². The number of nitrogens with one attached hydrogen (secondary N) is 1. The van der Waals surface area contributed by atoms with Crippen LogP contribution in [0.1, 0.15) is 79.2 Å². The van der Waals surface area contributed by atoms with E-state index in [0.29, 0.717) is 10.8 Å². The molecule has 0 aliphatic carbocycles. The highest BCUT2D eigenvalue weighted by Crippen LogP contribution is 2.33. The number of nitrogens with zero attached hydrogens (tertiary/aromatic N) is 1. The van der Waals surface area contributed by atoms with Crippen molar-refractivity contribution in [2.24, 2.45) is 5.10 Å². The molecule has 1 amide bonds. The average Bonchev–Trinajstić information content (AvgIpc) is 3.01. The van der Waals surface area contributed by atoms with Gasteiger partial charge in [-0.25, -0.2) is 5.43 Å². The monoisotopic (exact) mass is 392 g/mol. The maximum atomic E-state index is 12.7. The molecule has 0 saturated heterocycles. The lowest BCUT2D eigenvalue weighted by atomic mass is 9.92. The first-order valence-corrected chi connectivity index (χ1v) is 9.93. The van der Waals surface area contributed by atoms with E-state index in [-0.39, 0.29) is 23.1 Å². The first-order chi connectivity index (χ1) is 12.2. The second kappa shape index (κ2) is 8.69. The molecule has 2 N–H and O–H groups in total. The molecule has 2 aromatic rings. The lowest BCUT2D eigenvalue weighted by Gasteiger charge is -2.16. The number of halogens is 1. The summed E-state index contributed by atoms with van der Waals surface area (Å²) in [4.78, 5) is 13.6. The molecule has 0 spiro atoms. The van der Waals surface area contributed by atoms with Crippen LogP contribution < -0.4 is 5.43 Å². The van der Waals surface area contributed by atoms with E-state index >= 15 is 0 Å². The molecule has 0 saturated carbocycles. The molecule has 0 bridgehead atoms. The summed E-state index contributed by atoms with van der Waals surface area (Å²) in [7, 11) is 0. The van der Waals surface area contributed by atoms with Crippen LogP contribution in [-0.4, -0.2) is 16.7 Å². The van der Waals surface area contributed by atoms with Gasteiger partial charge < -0.3 is 5.11 Å². The lowest BCUT2D eigenvalue weighted by molar-refractivity contribution is 0.0952. The van der Waals surface area contributed by atoms with E-state index in [1.54, 1.807) is 12.1 Å². The molecule has 1 heterocycles. The van der Waals surface area contributed by atoms with Crippen molar-refractivity contribution in [2.45, 2.75) is 52.9 Å². The smallest absolute Gasteiger partial charge is 0.275 e. The number of carbonyl (C=O) groups excluding carboxylic acids is 1. The van der Waals surface area contributed by atoms with Gasteiger partial charge in [0.2, 0.25) is 0 Å². The van der Waals surface area contributed by atoms with Gasteiger partial charge in [0, 0.05) is 0 Å². The van der Waals surface area contributed by atoms with Crippen LogP contribution in [0.3, 0.4) is 0 Å².